The highest BCUT2D eigenvalue weighted by molar-refractivity contribution is 6.45. The quantitative estimate of drug-likeness (QED) is 0.265. The zero-order valence-corrected chi connectivity index (χ0v) is 25.8. The topological polar surface area (TPSA) is 116 Å². The number of carbonyl (C=O) groups is 3. The van der Waals surface area contributed by atoms with Gasteiger partial charge in [0.2, 0.25) is 5.91 Å². The van der Waals surface area contributed by atoms with E-state index >= 15 is 0 Å². The molecule has 2 aliphatic rings. The van der Waals surface area contributed by atoms with Crippen LogP contribution in [0.15, 0.2) is 35.3 Å². The Kier molecular flexibility index (Phi) is 9.96. The second-order valence-corrected chi connectivity index (χ2v) is 13.2. The van der Waals surface area contributed by atoms with Crippen molar-refractivity contribution in [3.8, 4) is 0 Å². The van der Waals surface area contributed by atoms with Gasteiger partial charge < -0.3 is 29.0 Å². The predicted octanol–water partition coefficient (Wildman–Crippen LogP) is 4.41. The van der Waals surface area contributed by atoms with E-state index in [0.717, 1.165) is 5.56 Å². The van der Waals surface area contributed by atoms with Gasteiger partial charge in [-0.3, -0.25) is 9.79 Å². The number of piperidine rings is 1. The molecule has 11 heteroatoms. The molecule has 3 rings (SSSR count). The third-order valence-electron chi connectivity index (χ3n) is 7.98. The van der Waals surface area contributed by atoms with Crippen LogP contribution in [0.25, 0.3) is 0 Å². The highest BCUT2D eigenvalue weighted by Gasteiger charge is 2.52. The van der Waals surface area contributed by atoms with Crippen molar-refractivity contribution >= 4 is 31.8 Å². The maximum Gasteiger partial charge on any atom is 0.457 e. The van der Waals surface area contributed by atoms with Crippen LogP contribution in [0.2, 0.25) is 6.32 Å². The first-order valence-electron chi connectivity index (χ1n) is 14.3. The lowest BCUT2D eigenvalue weighted by atomic mass is 9.74. The van der Waals surface area contributed by atoms with Gasteiger partial charge in [0.1, 0.15) is 18.2 Å². The second-order valence-electron chi connectivity index (χ2n) is 13.2. The first-order valence-corrected chi connectivity index (χ1v) is 14.3. The number of rotatable bonds is 9. The third-order valence-corrected chi connectivity index (χ3v) is 7.98. The van der Waals surface area contributed by atoms with Crippen LogP contribution in [0.4, 0.5) is 4.79 Å². The van der Waals surface area contributed by atoms with Gasteiger partial charge in [0.05, 0.1) is 17.7 Å². The maximum atomic E-state index is 13.6. The molecule has 2 aliphatic heterocycles. The molecule has 3 atom stereocenters. The summed E-state index contributed by atoms with van der Waals surface area (Å²) in [5, 5.41) is 2.61. The first kappa shape index (κ1) is 32.6. The van der Waals surface area contributed by atoms with Crippen LogP contribution in [0, 0.1) is 5.92 Å². The van der Waals surface area contributed by atoms with E-state index in [9.17, 15) is 14.4 Å². The Morgan fingerprint density at radius 3 is 2.32 bits per heavy atom. The highest BCUT2D eigenvalue weighted by atomic mass is 16.7. The first-order chi connectivity index (χ1) is 19.0. The average Bonchev–Trinajstić information content (AvgIpc) is 3.10. The van der Waals surface area contributed by atoms with Crippen molar-refractivity contribution in [1.29, 1.82) is 0 Å². The number of nitrogens with one attached hydrogen (secondary N) is 1. The summed E-state index contributed by atoms with van der Waals surface area (Å²) in [5.41, 5.74) is -2.13. The Labute approximate surface area is 244 Å². The summed E-state index contributed by atoms with van der Waals surface area (Å²) in [7, 11) is -0.407. The fourth-order valence-electron chi connectivity index (χ4n) is 5.12. The van der Waals surface area contributed by atoms with Crippen molar-refractivity contribution in [2.45, 2.75) is 110 Å². The van der Waals surface area contributed by atoms with Crippen molar-refractivity contribution in [3.63, 3.8) is 0 Å². The summed E-state index contributed by atoms with van der Waals surface area (Å²) >= 11 is 0. The molecule has 0 aliphatic carbocycles. The van der Waals surface area contributed by atoms with Crippen LogP contribution in [0.5, 0.6) is 0 Å². The van der Waals surface area contributed by atoms with E-state index in [2.05, 4.69) is 17.0 Å². The number of alkyl carbamates (subject to hydrolysis) is 1. The number of esters is 1. The summed E-state index contributed by atoms with van der Waals surface area (Å²) in [6.45, 7) is 19.1. The number of aliphatic imine (C=N–C) groups is 1. The van der Waals surface area contributed by atoms with E-state index in [1.807, 2.05) is 58.0 Å². The molecule has 1 aromatic carbocycles. The number of nitrogens with zero attached hydrogens (tertiary/aromatic N) is 2. The Morgan fingerprint density at radius 1 is 1.15 bits per heavy atom. The van der Waals surface area contributed by atoms with Gasteiger partial charge >= 0.3 is 19.2 Å². The van der Waals surface area contributed by atoms with Crippen LogP contribution < -0.4 is 5.32 Å². The Morgan fingerprint density at radius 2 is 1.76 bits per heavy atom. The van der Waals surface area contributed by atoms with E-state index in [1.54, 1.807) is 32.6 Å². The molecule has 41 heavy (non-hydrogen) atoms. The fourth-order valence-corrected chi connectivity index (χ4v) is 5.12. The molecule has 0 bridgehead atoms. The molecule has 2 amide bonds. The molecule has 2 fully saturated rings. The smallest absolute Gasteiger partial charge is 0.457 e. The third kappa shape index (κ3) is 8.32. The van der Waals surface area contributed by atoms with E-state index in [0.29, 0.717) is 25.7 Å². The van der Waals surface area contributed by atoms with Crippen molar-refractivity contribution in [3.05, 3.63) is 35.9 Å². The second kappa shape index (κ2) is 12.5. The number of ether oxygens (including phenoxy) is 2. The van der Waals surface area contributed by atoms with Crippen molar-refractivity contribution in [2.75, 3.05) is 13.1 Å². The zero-order valence-electron chi connectivity index (χ0n) is 25.8. The number of carbonyl (C=O) groups excluding carboxylic acids is 3. The molecule has 10 nitrogen and oxygen atoms in total. The van der Waals surface area contributed by atoms with Gasteiger partial charge in [0.15, 0.2) is 5.54 Å². The lowest BCUT2D eigenvalue weighted by Crippen LogP contribution is -2.60. The monoisotopic (exact) mass is 571 g/mol. The van der Waals surface area contributed by atoms with Gasteiger partial charge in [-0.15, -0.1) is 0 Å². The Balaban J connectivity index is 1.77. The molecular formula is C30H46BN3O7. The Hall–Kier alpha value is -2.92. The number of hydrogen-bond donors (Lipinski definition) is 1. The summed E-state index contributed by atoms with van der Waals surface area (Å²) in [6.07, 6.45) is 0.874. The molecule has 226 valence electrons. The average molecular weight is 572 g/mol. The largest absolute Gasteiger partial charge is 0.459 e. The molecule has 0 saturated carbocycles. The van der Waals surface area contributed by atoms with Crippen LogP contribution in [-0.4, -0.2) is 78.2 Å². The van der Waals surface area contributed by atoms with Gasteiger partial charge in [-0.25, -0.2) is 9.59 Å². The van der Waals surface area contributed by atoms with Crippen LogP contribution in [0.3, 0.4) is 0 Å². The summed E-state index contributed by atoms with van der Waals surface area (Å²) in [4.78, 5) is 45.3. The maximum absolute atomic E-state index is 13.6. The molecular weight excluding hydrogens is 525 g/mol. The van der Waals surface area contributed by atoms with E-state index in [-0.39, 0.29) is 25.0 Å². The number of likely N-dealkylation sites (tertiary alicyclic amines) is 1. The minimum absolute atomic E-state index is 0.00368. The lowest BCUT2D eigenvalue weighted by molar-refractivity contribution is -0.156. The predicted molar refractivity (Wildman–Crippen MR) is 158 cm³/mol. The SMILES string of the molecule is C=N[C@]1(C(=O)OCc2ccccc2)C[C@@H](CCB2OC(C)(C)C(C)(C)O2)CN(C(=O)[C@H](C)NC(=O)OC(C)(C)C)C1. The molecule has 0 radical (unpaired) electrons. The molecule has 2 heterocycles. The number of hydrogen-bond acceptors (Lipinski definition) is 8. The standard InChI is InChI=1S/C30H46BN3O7/c1-21(33-26(37)39-27(2,3)4)24(35)34-18-23(15-16-31-40-28(5,6)29(7,8)41-31)17-30(20-34,32-9)25(36)38-19-22-13-11-10-12-14-22/h10-14,21,23H,9,15-20H2,1-8H3,(H,33,37)/t21-,23+,30+/m0/s1. The molecule has 0 spiro atoms. The molecule has 0 aromatic heterocycles. The van der Waals surface area contributed by atoms with Gasteiger partial charge in [0, 0.05) is 6.54 Å². The van der Waals surface area contributed by atoms with Gasteiger partial charge in [-0.1, -0.05) is 36.8 Å². The number of amides is 2. The van der Waals surface area contributed by atoms with Crippen LogP contribution in [-0.2, 0) is 35.0 Å². The van der Waals surface area contributed by atoms with Crippen molar-refractivity contribution < 1.29 is 33.2 Å². The fraction of sp³-hybridized carbons (Fsp3) is 0.667. The summed E-state index contributed by atoms with van der Waals surface area (Å²) < 4.78 is 23.4. The minimum atomic E-state index is -1.35. The van der Waals surface area contributed by atoms with Gasteiger partial charge in [0.25, 0.3) is 0 Å². The highest BCUT2D eigenvalue weighted by Crippen LogP contribution is 2.40. The summed E-state index contributed by atoms with van der Waals surface area (Å²) in [6, 6.07) is 8.49. The summed E-state index contributed by atoms with van der Waals surface area (Å²) in [5.74, 6) is -1.00. The van der Waals surface area contributed by atoms with Crippen molar-refractivity contribution in [2.24, 2.45) is 10.9 Å². The molecule has 1 N–H and O–H groups in total. The Bertz CT molecular complexity index is 1090. The van der Waals surface area contributed by atoms with Crippen molar-refractivity contribution in [1.82, 2.24) is 10.2 Å². The van der Waals surface area contributed by atoms with Crippen LogP contribution in [0.1, 0.15) is 73.8 Å². The lowest BCUT2D eigenvalue weighted by Gasteiger charge is -2.43. The normalized spacial score (nSPS) is 24.3. The van der Waals surface area contributed by atoms with E-state index in [4.69, 9.17) is 18.8 Å². The van der Waals surface area contributed by atoms with Gasteiger partial charge in [-0.05, 0) is 86.3 Å². The van der Waals surface area contributed by atoms with E-state index in [1.165, 1.54) is 0 Å². The molecule has 2 saturated heterocycles. The van der Waals surface area contributed by atoms with Crippen LogP contribution >= 0.6 is 0 Å². The molecule has 0 unspecified atom stereocenters. The van der Waals surface area contributed by atoms with E-state index < -0.39 is 47.6 Å². The van der Waals surface area contributed by atoms with Gasteiger partial charge in [-0.2, -0.15) is 0 Å². The minimum Gasteiger partial charge on any atom is -0.459 e. The number of benzene rings is 1. The molecule has 1 aromatic rings. The zero-order chi connectivity index (χ0) is 30.6.